The van der Waals surface area contributed by atoms with Gasteiger partial charge in [-0.05, 0) is 11.6 Å². The molecule has 0 saturated carbocycles. The van der Waals surface area contributed by atoms with Gasteiger partial charge in [-0.15, -0.1) is 0 Å². The van der Waals surface area contributed by atoms with Crippen LogP contribution in [0.4, 0.5) is 5.69 Å². The van der Waals surface area contributed by atoms with Crippen LogP contribution in [0.15, 0.2) is 36.4 Å². The molecule has 1 atom stereocenters. The summed E-state index contributed by atoms with van der Waals surface area (Å²) in [6.07, 6.45) is -0.593. The molecule has 0 radical (unpaired) electrons. The van der Waals surface area contributed by atoms with Crippen molar-refractivity contribution in [2.45, 2.75) is 12.5 Å². The average Bonchev–Trinajstić information content (AvgIpc) is 3.02. The van der Waals surface area contributed by atoms with E-state index in [9.17, 15) is 9.59 Å². The van der Waals surface area contributed by atoms with E-state index in [4.69, 9.17) is 25.8 Å². The number of rotatable bonds is 2. The molecule has 24 heavy (non-hydrogen) atoms. The van der Waals surface area contributed by atoms with Gasteiger partial charge in [0.05, 0.1) is 16.3 Å². The van der Waals surface area contributed by atoms with Gasteiger partial charge in [-0.25, -0.2) is 4.79 Å². The highest BCUT2D eigenvalue weighted by Crippen LogP contribution is 2.39. The third kappa shape index (κ3) is 2.55. The second-order valence-electron chi connectivity index (χ2n) is 5.43. The van der Waals surface area contributed by atoms with Gasteiger partial charge in [0.15, 0.2) is 17.6 Å². The lowest BCUT2D eigenvalue weighted by atomic mass is 9.98. The highest BCUT2D eigenvalue weighted by atomic mass is 35.5. The molecule has 0 saturated heterocycles. The second-order valence-corrected chi connectivity index (χ2v) is 5.84. The van der Waals surface area contributed by atoms with Gasteiger partial charge in [0, 0.05) is 18.6 Å². The molecule has 1 unspecified atom stereocenters. The van der Waals surface area contributed by atoms with Crippen molar-refractivity contribution in [3.05, 3.63) is 52.5 Å². The van der Waals surface area contributed by atoms with Crippen molar-refractivity contribution in [2.24, 2.45) is 0 Å². The number of benzene rings is 2. The number of amides is 1. The van der Waals surface area contributed by atoms with E-state index in [1.54, 1.807) is 24.3 Å². The summed E-state index contributed by atoms with van der Waals surface area (Å²) in [6.45, 7) is 0.111. The number of halogens is 1. The summed E-state index contributed by atoms with van der Waals surface area (Å²) in [5.74, 6) is 0.0732. The standard InChI is InChI=1S/C17H12ClNO5/c18-11-6-13-14(23-8-22-13)7-12(11)19-16(20)15-5-9-3-1-2-4-10(9)17(21)24-15/h1-4,6-7,15H,5,8H2,(H,19,20). The number of carbonyl (C=O) groups excluding carboxylic acids is 2. The third-order valence-corrected chi connectivity index (χ3v) is 4.22. The lowest BCUT2D eigenvalue weighted by molar-refractivity contribution is -0.125. The molecule has 0 fully saturated rings. The van der Waals surface area contributed by atoms with Crippen molar-refractivity contribution in [1.29, 1.82) is 0 Å². The molecule has 1 N–H and O–H groups in total. The summed E-state index contributed by atoms with van der Waals surface area (Å²) in [7, 11) is 0. The van der Waals surface area contributed by atoms with Gasteiger partial charge >= 0.3 is 5.97 Å². The largest absolute Gasteiger partial charge is 0.454 e. The van der Waals surface area contributed by atoms with E-state index in [2.05, 4.69) is 5.32 Å². The summed E-state index contributed by atoms with van der Waals surface area (Å²) >= 11 is 6.14. The van der Waals surface area contributed by atoms with Gasteiger partial charge < -0.3 is 19.5 Å². The van der Waals surface area contributed by atoms with E-state index >= 15 is 0 Å². The van der Waals surface area contributed by atoms with Crippen molar-refractivity contribution in [1.82, 2.24) is 0 Å². The molecule has 0 aliphatic carbocycles. The van der Waals surface area contributed by atoms with Crippen LogP contribution in [0.25, 0.3) is 0 Å². The summed E-state index contributed by atoms with van der Waals surface area (Å²) in [5.41, 5.74) is 1.65. The molecule has 2 aromatic rings. The monoisotopic (exact) mass is 345 g/mol. The number of cyclic esters (lactones) is 1. The first-order valence-corrected chi connectivity index (χ1v) is 7.68. The molecule has 2 aromatic carbocycles. The van der Waals surface area contributed by atoms with Crippen molar-refractivity contribution < 1.29 is 23.8 Å². The van der Waals surface area contributed by atoms with Gasteiger partial charge in [0.2, 0.25) is 6.79 Å². The molecule has 122 valence electrons. The Labute approximate surface area is 142 Å². The van der Waals surface area contributed by atoms with Gasteiger partial charge in [-0.1, -0.05) is 29.8 Å². The minimum atomic E-state index is -0.908. The zero-order chi connectivity index (χ0) is 16.7. The van der Waals surface area contributed by atoms with E-state index in [-0.39, 0.29) is 6.79 Å². The lowest BCUT2D eigenvalue weighted by Gasteiger charge is -2.24. The van der Waals surface area contributed by atoms with Crippen LogP contribution >= 0.6 is 11.6 Å². The number of nitrogens with one attached hydrogen (secondary N) is 1. The average molecular weight is 346 g/mol. The molecular formula is C17H12ClNO5. The number of esters is 1. The summed E-state index contributed by atoms with van der Waals surface area (Å²) in [4.78, 5) is 24.5. The Bertz CT molecular complexity index is 851. The molecule has 0 spiro atoms. The first-order valence-electron chi connectivity index (χ1n) is 7.31. The third-order valence-electron chi connectivity index (χ3n) is 3.90. The van der Waals surface area contributed by atoms with E-state index in [0.717, 1.165) is 5.56 Å². The number of hydrogen-bond donors (Lipinski definition) is 1. The van der Waals surface area contributed by atoms with Crippen LogP contribution in [0, 0.1) is 0 Å². The predicted octanol–water partition coefficient (Wildman–Crippen LogP) is 2.79. The van der Waals surface area contributed by atoms with E-state index in [0.29, 0.717) is 34.2 Å². The molecule has 1 amide bonds. The van der Waals surface area contributed by atoms with Crippen LogP contribution in [-0.4, -0.2) is 24.8 Å². The van der Waals surface area contributed by atoms with Crippen LogP contribution in [0.2, 0.25) is 5.02 Å². The Morgan fingerprint density at radius 2 is 1.92 bits per heavy atom. The number of fused-ring (bicyclic) bond motifs is 2. The first-order chi connectivity index (χ1) is 11.6. The van der Waals surface area contributed by atoms with Crippen molar-refractivity contribution in [3.8, 4) is 11.5 Å². The Kier molecular flexibility index (Phi) is 3.54. The minimum absolute atomic E-state index is 0.111. The van der Waals surface area contributed by atoms with Crippen molar-refractivity contribution in [3.63, 3.8) is 0 Å². The van der Waals surface area contributed by atoms with Crippen LogP contribution in [-0.2, 0) is 16.0 Å². The second kappa shape index (κ2) is 5.72. The molecule has 7 heteroatoms. The fourth-order valence-corrected chi connectivity index (χ4v) is 2.90. The molecule has 2 heterocycles. The Morgan fingerprint density at radius 1 is 1.17 bits per heavy atom. The summed E-state index contributed by atoms with van der Waals surface area (Å²) in [6, 6.07) is 10.2. The quantitative estimate of drug-likeness (QED) is 0.847. The van der Waals surface area contributed by atoms with Gasteiger partial charge in [0.1, 0.15) is 0 Å². The Hall–Kier alpha value is -2.73. The zero-order valence-electron chi connectivity index (χ0n) is 12.4. The molecule has 6 nitrogen and oxygen atoms in total. The number of hydrogen-bond acceptors (Lipinski definition) is 5. The maximum Gasteiger partial charge on any atom is 0.339 e. The molecule has 0 aromatic heterocycles. The molecule has 2 aliphatic rings. The minimum Gasteiger partial charge on any atom is -0.454 e. The molecule has 4 rings (SSSR count). The van der Waals surface area contributed by atoms with Gasteiger partial charge in [-0.2, -0.15) is 0 Å². The summed E-state index contributed by atoms with van der Waals surface area (Å²) in [5, 5.41) is 2.99. The maximum absolute atomic E-state index is 12.5. The lowest BCUT2D eigenvalue weighted by Crippen LogP contribution is -2.38. The Morgan fingerprint density at radius 3 is 2.75 bits per heavy atom. The zero-order valence-corrected chi connectivity index (χ0v) is 13.1. The van der Waals surface area contributed by atoms with Gasteiger partial charge in [0.25, 0.3) is 5.91 Å². The number of ether oxygens (including phenoxy) is 3. The number of carbonyl (C=O) groups is 2. The van der Waals surface area contributed by atoms with E-state index in [1.807, 2.05) is 12.1 Å². The van der Waals surface area contributed by atoms with E-state index < -0.39 is 18.0 Å². The highest BCUT2D eigenvalue weighted by Gasteiger charge is 2.31. The molecular weight excluding hydrogens is 334 g/mol. The van der Waals surface area contributed by atoms with Crippen molar-refractivity contribution in [2.75, 3.05) is 12.1 Å². The fourth-order valence-electron chi connectivity index (χ4n) is 2.70. The molecule has 2 aliphatic heterocycles. The van der Waals surface area contributed by atoms with Crippen LogP contribution in [0.3, 0.4) is 0 Å². The predicted molar refractivity (Wildman–Crippen MR) is 85.6 cm³/mol. The van der Waals surface area contributed by atoms with Crippen LogP contribution in [0.1, 0.15) is 15.9 Å². The van der Waals surface area contributed by atoms with E-state index in [1.165, 1.54) is 0 Å². The smallest absolute Gasteiger partial charge is 0.339 e. The molecule has 0 bridgehead atoms. The van der Waals surface area contributed by atoms with Crippen LogP contribution < -0.4 is 14.8 Å². The SMILES string of the molecule is O=C1OC(C(=O)Nc2cc3c(cc2Cl)OCO3)Cc2ccccc21. The first kappa shape index (κ1) is 14.8. The van der Waals surface area contributed by atoms with Gasteiger partial charge in [-0.3, -0.25) is 4.79 Å². The van der Waals surface area contributed by atoms with Crippen molar-refractivity contribution >= 4 is 29.2 Å². The normalized spacial score (nSPS) is 17.9. The maximum atomic E-state index is 12.5. The highest BCUT2D eigenvalue weighted by molar-refractivity contribution is 6.34. The topological polar surface area (TPSA) is 73.9 Å². The summed E-state index contributed by atoms with van der Waals surface area (Å²) < 4.78 is 15.7. The van der Waals surface area contributed by atoms with Crippen LogP contribution in [0.5, 0.6) is 11.5 Å². The number of anilines is 1. The fraction of sp³-hybridized carbons (Fsp3) is 0.176. The Balaban J connectivity index is 1.55.